The topological polar surface area (TPSA) is 126 Å². The fourth-order valence-corrected chi connectivity index (χ4v) is 2.77. The summed E-state index contributed by atoms with van der Waals surface area (Å²) in [6, 6.07) is 1.13. The lowest BCUT2D eigenvalue weighted by Crippen LogP contribution is -2.46. The Morgan fingerprint density at radius 2 is 1.93 bits per heavy atom. The lowest BCUT2D eigenvalue weighted by atomic mass is 10.1. The molecule has 0 aliphatic carbocycles. The molecule has 1 aromatic heterocycles. The molecule has 0 aromatic carbocycles. The summed E-state index contributed by atoms with van der Waals surface area (Å²) in [5.74, 6) is -6.22. The Morgan fingerprint density at radius 3 is 2.43 bits per heavy atom. The van der Waals surface area contributed by atoms with Gasteiger partial charge < -0.3 is 19.5 Å². The Bertz CT molecular complexity index is 842. The van der Waals surface area contributed by atoms with Crippen molar-refractivity contribution in [3.63, 3.8) is 0 Å². The molecular weight excluding hydrogens is 384 g/mol. The van der Waals surface area contributed by atoms with Crippen molar-refractivity contribution in [2.75, 3.05) is 5.32 Å². The van der Waals surface area contributed by atoms with Gasteiger partial charge in [0.15, 0.2) is 6.10 Å². The van der Waals surface area contributed by atoms with Crippen LogP contribution in [0.2, 0.25) is 0 Å². The van der Waals surface area contributed by atoms with Crippen LogP contribution in [0.1, 0.15) is 33.9 Å². The molecule has 1 aliphatic heterocycles. The van der Waals surface area contributed by atoms with Crippen LogP contribution in [0.4, 0.5) is 14.6 Å². The maximum absolute atomic E-state index is 15.0. The van der Waals surface area contributed by atoms with Gasteiger partial charge in [-0.25, -0.2) is 4.79 Å². The van der Waals surface area contributed by atoms with E-state index in [2.05, 4.69) is 10.3 Å². The van der Waals surface area contributed by atoms with E-state index in [1.165, 1.54) is 13.8 Å². The van der Waals surface area contributed by atoms with Crippen LogP contribution in [0.5, 0.6) is 0 Å². The van der Waals surface area contributed by atoms with Crippen LogP contribution in [-0.4, -0.2) is 51.6 Å². The predicted octanol–water partition coefficient (Wildman–Crippen LogP) is 0.618. The molecule has 28 heavy (non-hydrogen) atoms. The first kappa shape index (κ1) is 21.4. The van der Waals surface area contributed by atoms with Crippen LogP contribution in [0.3, 0.4) is 0 Å². The summed E-state index contributed by atoms with van der Waals surface area (Å²) >= 11 is 0. The second-order valence-corrected chi connectivity index (χ2v) is 6.16. The summed E-state index contributed by atoms with van der Waals surface area (Å²) in [6.45, 7) is 4.50. The summed E-state index contributed by atoms with van der Waals surface area (Å²) in [5.41, 5.74) is -1.13. The minimum absolute atomic E-state index is 0.128. The molecule has 1 saturated heterocycles. The largest absolute Gasteiger partial charge is 0.460 e. The summed E-state index contributed by atoms with van der Waals surface area (Å²) in [6.07, 6.45) is -6.05. The average Bonchev–Trinajstić information content (AvgIpc) is 2.77. The van der Waals surface area contributed by atoms with Gasteiger partial charge in [-0.1, -0.05) is 0 Å². The smallest absolute Gasteiger partial charge is 0.351 e. The monoisotopic (exact) mass is 403 g/mol. The van der Waals surface area contributed by atoms with Gasteiger partial charge in [-0.05, 0) is 13.0 Å². The number of halogens is 2. The molecule has 0 radical (unpaired) electrons. The van der Waals surface area contributed by atoms with E-state index in [0.29, 0.717) is 4.57 Å². The van der Waals surface area contributed by atoms with Crippen LogP contribution in [0.15, 0.2) is 17.1 Å². The first-order valence-corrected chi connectivity index (χ1v) is 8.18. The van der Waals surface area contributed by atoms with Gasteiger partial charge >= 0.3 is 23.6 Å². The Labute approximate surface area is 157 Å². The molecule has 0 spiro atoms. The quantitative estimate of drug-likeness (QED) is 0.709. The molecular formula is C16H19F2N3O7. The molecule has 1 unspecified atom stereocenters. The number of hydrogen-bond donors (Lipinski definition) is 1. The van der Waals surface area contributed by atoms with Crippen LogP contribution < -0.4 is 11.0 Å². The Balaban J connectivity index is 2.41. The van der Waals surface area contributed by atoms with Gasteiger partial charge in [-0.15, -0.1) is 0 Å². The number of nitrogens with one attached hydrogen (secondary N) is 1. The highest BCUT2D eigenvalue weighted by Gasteiger charge is 2.64. The molecule has 1 amide bonds. The first-order chi connectivity index (χ1) is 12.9. The Hall–Kier alpha value is -2.89. The van der Waals surface area contributed by atoms with Crippen molar-refractivity contribution in [1.82, 2.24) is 9.55 Å². The fraction of sp³-hybridized carbons (Fsp3) is 0.562. The normalized spacial score (nSPS) is 24.3. The standard InChI is InChI=1S/C16H19F2N3O7/c1-7(26-9(3)23)12-13(27-10(4)24)16(17,18)14(28-12)21-6-5-11(19-8(2)22)20-15(21)25/h5-7,12-14H,1-4H3,(H,19,20,22,25)/t7?,12-,13-,14-/m1/s1. The van der Waals surface area contributed by atoms with Crippen molar-refractivity contribution in [2.24, 2.45) is 0 Å². The summed E-state index contributed by atoms with van der Waals surface area (Å²) in [5, 5.41) is 2.25. The van der Waals surface area contributed by atoms with Crippen LogP contribution >= 0.6 is 0 Å². The molecule has 12 heteroatoms. The van der Waals surface area contributed by atoms with Gasteiger partial charge in [0.1, 0.15) is 18.0 Å². The van der Waals surface area contributed by atoms with E-state index in [1.54, 1.807) is 0 Å². The lowest BCUT2D eigenvalue weighted by Gasteiger charge is -2.25. The lowest BCUT2D eigenvalue weighted by molar-refractivity contribution is -0.176. The van der Waals surface area contributed by atoms with Crippen molar-refractivity contribution in [3.8, 4) is 0 Å². The second kappa shape index (κ2) is 8.00. The average molecular weight is 403 g/mol. The van der Waals surface area contributed by atoms with E-state index in [4.69, 9.17) is 14.2 Å². The predicted molar refractivity (Wildman–Crippen MR) is 88.4 cm³/mol. The molecule has 1 N–H and O–H groups in total. The van der Waals surface area contributed by atoms with E-state index in [0.717, 1.165) is 26.1 Å². The molecule has 0 bridgehead atoms. The molecule has 2 heterocycles. The second-order valence-electron chi connectivity index (χ2n) is 6.16. The zero-order chi connectivity index (χ0) is 21.2. The minimum atomic E-state index is -3.84. The van der Waals surface area contributed by atoms with Gasteiger partial charge in [0.05, 0.1) is 0 Å². The fourth-order valence-electron chi connectivity index (χ4n) is 2.77. The summed E-state index contributed by atoms with van der Waals surface area (Å²) in [7, 11) is 0. The van der Waals surface area contributed by atoms with Crippen LogP contribution in [0.25, 0.3) is 0 Å². The zero-order valence-electron chi connectivity index (χ0n) is 15.5. The minimum Gasteiger partial charge on any atom is -0.460 e. The summed E-state index contributed by atoms with van der Waals surface area (Å²) < 4.78 is 45.3. The Kier molecular flexibility index (Phi) is 6.12. The van der Waals surface area contributed by atoms with Gasteiger partial charge in [0, 0.05) is 27.0 Å². The van der Waals surface area contributed by atoms with Crippen molar-refractivity contribution >= 4 is 23.7 Å². The number of hydrogen-bond acceptors (Lipinski definition) is 8. The van der Waals surface area contributed by atoms with Gasteiger partial charge in [0.25, 0.3) is 0 Å². The number of amides is 1. The van der Waals surface area contributed by atoms with Crippen molar-refractivity contribution in [3.05, 3.63) is 22.7 Å². The van der Waals surface area contributed by atoms with E-state index < -0.39 is 54.0 Å². The van der Waals surface area contributed by atoms with E-state index in [9.17, 15) is 28.0 Å². The first-order valence-electron chi connectivity index (χ1n) is 8.18. The van der Waals surface area contributed by atoms with Crippen molar-refractivity contribution < 1.29 is 37.4 Å². The number of rotatable bonds is 5. The van der Waals surface area contributed by atoms with Crippen molar-refractivity contribution in [2.45, 2.75) is 58.2 Å². The van der Waals surface area contributed by atoms with E-state index in [-0.39, 0.29) is 5.82 Å². The third-order valence-corrected chi connectivity index (χ3v) is 3.79. The molecule has 4 atom stereocenters. The number of esters is 2. The highest BCUT2D eigenvalue weighted by molar-refractivity contribution is 5.87. The van der Waals surface area contributed by atoms with Crippen LogP contribution in [0, 0.1) is 0 Å². The van der Waals surface area contributed by atoms with Crippen LogP contribution in [-0.2, 0) is 28.6 Å². The number of aromatic nitrogens is 2. The van der Waals surface area contributed by atoms with E-state index in [1.807, 2.05) is 0 Å². The number of carbonyl (C=O) groups excluding carboxylic acids is 3. The molecule has 1 fully saturated rings. The zero-order valence-corrected chi connectivity index (χ0v) is 15.5. The van der Waals surface area contributed by atoms with E-state index >= 15 is 0 Å². The number of ether oxygens (including phenoxy) is 3. The molecule has 0 saturated carbocycles. The maximum atomic E-state index is 15.0. The summed E-state index contributed by atoms with van der Waals surface area (Å²) in [4.78, 5) is 49.2. The van der Waals surface area contributed by atoms with Gasteiger partial charge in [0.2, 0.25) is 12.1 Å². The number of carbonyl (C=O) groups is 3. The molecule has 1 aromatic rings. The number of alkyl halides is 2. The number of nitrogens with zero attached hydrogens (tertiary/aromatic N) is 2. The highest BCUT2D eigenvalue weighted by Crippen LogP contribution is 2.45. The molecule has 1 aliphatic rings. The molecule has 154 valence electrons. The molecule has 10 nitrogen and oxygen atoms in total. The molecule has 2 rings (SSSR count). The van der Waals surface area contributed by atoms with Gasteiger partial charge in [-0.2, -0.15) is 13.8 Å². The van der Waals surface area contributed by atoms with Crippen molar-refractivity contribution in [1.29, 1.82) is 0 Å². The maximum Gasteiger partial charge on any atom is 0.351 e. The highest BCUT2D eigenvalue weighted by atomic mass is 19.3. The van der Waals surface area contributed by atoms with Gasteiger partial charge in [-0.3, -0.25) is 19.0 Å². The third kappa shape index (κ3) is 4.50. The Morgan fingerprint density at radius 1 is 1.29 bits per heavy atom. The third-order valence-electron chi connectivity index (χ3n) is 3.79. The SMILES string of the molecule is CC(=O)Nc1ccn([C@@H]2O[C@H](C(C)OC(C)=O)[C@@H](OC(C)=O)C2(F)F)c(=O)n1. The number of anilines is 1.